The fourth-order valence-corrected chi connectivity index (χ4v) is 2.78. The summed E-state index contributed by atoms with van der Waals surface area (Å²) < 4.78 is 15.2. The van der Waals surface area contributed by atoms with Gasteiger partial charge in [-0.2, -0.15) is 0 Å². The number of carbonyl (C=O) groups is 2. The summed E-state index contributed by atoms with van der Waals surface area (Å²) in [5, 5.41) is 12.6. The molecule has 1 aliphatic heterocycles. The average Bonchev–Trinajstić information content (AvgIpc) is 2.94. The maximum Gasteiger partial charge on any atom is 0.492 e. The summed E-state index contributed by atoms with van der Waals surface area (Å²) in [5.74, 6) is -1.02. The van der Waals surface area contributed by atoms with Crippen LogP contribution in [0.2, 0.25) is 0 Å². The molecule has 0 bridgehead atoms. The van der Waals surface area contributed by atoms with Gasteiger partial charge in [-0.1, -0.05) is 19.9 Å². The maximum absolute atomic E-state index is 12.7. The molecule has 2 rings (SSSR count). The van der Waals surface area contributed by atoms with Crippen molar-refractivity contribution < 1.29 is 28.7 Å². The smallest absolute Gasteiger partial charge is 0.462 e. The Morgan fingerprint density at radius 2 is 2.08 bits per heavy atom. The van der Waals surface area contributed by atoms with E-state index in [1.165, 1.54) is 7.11 Å². The molecule has 1 aliphatic rings. The van der Waals surface area contributed by atoms with Crippen LogP contribution in [-0.2, 0) is 25.5 Å². The summed E-state index contributed by atoms with van der Waals surface area (Å²) >= 11 is 0. The van der Waals surface area contributed by atoms with Crippen molar-refractivity contribution in [2.24, 2.45) is 5.92 Å². The van der Waals surface area contributed by atoms with Gasteiger partial charge in [-0.05, 0) is 35.5 Å². The van der Waals surface area contributed by atoms with Crippen molar-refractivity contribution in [2.45, 2.75) is 33.4 Å². The summed E-state index contributed by atoms with van der Waals surface area (Å²) in [6.07, 6.45) is 0. The second kappa shape index (κ2) is 8.46. The van der Waals surface area contributed by atoms with E-state index in [4.69, 9.17) is 14.1 Å². The molecule has 1 aromatic rings. The maximum atomic E-state index is 12.7. The van der Waals surface area contributed by atoms with Crippen molar-refractivity contribution in [1.82, 2.24) is 5.32 Å². The Hall–Kier alpha value is -1.90. The van der Waals surface area contributed by atoms with Crippen molar-refractivity contribution >= 4 is 24.5 Å². The Bertz CT molecular complexity index is 648. The van der Waals surface area contributed by atoms with Crippen molar-refractivity contribution in [3.63, 3.8) is 0 Å². The lowest BCUT2D eigenvalue weighted by atomic mass is 9.75. The van der Waals surface area contributed by atoms with E-state index in [9.17, 15) is 14.6 Å². The van der Waals surface area contributed by atoms with Gasteiger partial charge in [0.05, 0.1) is 13.2 Å². The first-order valence-corrected chi connectivity index (χ1v) is 8.25. The minimum atomic E-state index is -1.03. The topological polar surface area (TPSA) is 94.1 Å². The first-order valence-electron chi connectivity index (χ1n) is 8.25. The summed E-state index contributed by atoms with van der Waals surface area (Å²) in [4.78, 5) is 24.9. The third kappa shape index (κ3) is 4.39. The van der Waals surface area contributed by atoms with Gasteiger partial charge in [0.25, 0.3) is 5.91 Å². The molecule has 25 heavy (non-hydrogen) atoms. The molecule has 0 aliphatic carbocycles. The van der Waals surface area contributed by atoms with Crippen LogP contribution in [-0.4, -0.2) is 50.4 Å². The van der Waals surface area contributed by atoms with E-state index in [0.717, 1.165) is 5.56 Å². The highest BCUT2D eigenvalue weighted by Crippen LogP contribution is 2.17. The lowest BCUT2D eigenvalue weighted by Crippen LogP contribution is -2.46. The van der Waals surface area contributed by atoms with E-state index in [0.29, 0.717) is 29.8 Å². The quantitative estimate of drug-likeness (QED) is 0.414. The van der Waals surface area contributed by atoms with Gasteiger partial charge in [0.15, 0.2) is 0 Å². The Morgan fingerprint density at radius 3 is 2.72 bits per heavy atom. The Balaban J connectivity index is 2.14. The van der Waals surface area contributed by atoms with Gasteiger partial charge in [-0.15, -0.1) is 0 Å². The minimum absolute atomic E-state index is 0.135. The number of carbonyl (C=O) groups excluding carboxylic acids is 2. The Kier molecular flexibility index (Phi) is 6.58. The van der Waals surface area contributed by atoms with E-state index in [2.05, 4.69) is 5.32 Å². The zero-order chi connectivity index (χ0) is 18.6. The van der Waals surface area contributed by atoms with E-state index < -0.39 is 19.1 Å². The second-order valence-corrected chi connectivity index (χ2v) is 6.33. The summed E-state index contributed by atoms with van der Waals surface area (Å²) in [7, 11) is 0.493. The van der Waals surface area contributed by atoms with Crippen molar-refractivity contribution in [3.05, 3.63) is 28.8 Å². The molecule has 1 atom stereocenters. The largest absolute Gasteiger partial charge is 0.492 e. The van der Waals surface area contributed by atoms with Crippen LogP contribution >= 0.6 is 0 Å². The minimum Gasteiger partial charge on any atom is -0.462 e. The number of benzene rings is 1. The number of rotatable bonds is 7. The van der Waals surface area contributed by atoms with Gasteiger partial charge >= 0.3 is 13.1 Å². The molecule has 1 heterocycles. The van der Waals surface area contributed by atoms with E-state index in [1.54, 1.807) is 19.1 Å². The fraction of sp³-hybridized carbons (Fsp3) is 0.529. The molecule has 8 heteroatoms. The Labute approximate surface area is 147 Å². The number of methoxy groups -OCH3 is 1. The van der Waals surface area contributed by atoms with Crippen LogP contribution in [0.3, 0.4) is 0 Å². The van der Waals surface area contributed by atoms with Crippen molar-refractivity contribution in [2.75, 3.05) is 20.3 Å². The van der Waals surface area contributed by atoms with Crippen LogP contribution in [0.1, 0.15) is 35.3 Å². The second-order valence-electron chi connectivity index (χ2n) is 6.33. The van der Waals surface area contributed by atoms with Crippen LogP contribution in [0.4, 0.5) is 0 Å². The molecular weight excluding hydrogens is 325 g/mol. The fourth-order valence-electron chi connectivity index (χ4n) is 2.78. The highest BCUT2D eigenvalue weighted by Gasteiger charge is 2.32. The molecule has 2 N–H and O–H groups in total. The third-order valence-electron chi connectivity index (χ3n) is 4.23. The summed E-state index contributed by atoms with van der Waals surface area (Å²) in [6, 6.07) is 2.67. The highest BCUT2D eigenvalue weighted by atomic mass is 16.6. The number of fused-ring (bicyclic) bond motifs is 1. The number of hydrogen-bond acceptors (Lipinski definition) is 6. The molecule has 0 radical (unpaired) electrons. The highest BCUT2D eigenvalue weighted by molar-refractivity contribution is 6.62. The van der Waals surface area contributed by atoms with Gasteiger partial charge < -0.3 is 24.5 Å². The van der Waals surface area contributed by atoms with Crippen LogP contribution in [0, 0.1) is 12.8 Å². The standard InChI is InChI=1S/C17H24BNO6/c1-10(2)15(17(21)24-8-7-23-4)19-16(20)13-6-5-12-9-25-18(22)14(12)11(13)3/h5-6,10,15,22H,7-9H2,1-4H3,(H,19,20). The van der Waals surface area contributed by atoms with Crippen LogP contribution < -0.4 is 10.8 Å². The van der Waals surface area contributed by atoms with Gasteiger partial charge in [0, 0.05) is 12.7 Å². The normalized spacial score (nSPS) is 14.4. The first-order chi connectivity index (χ1) is 11.9. The molecule has 0 saturated carbocycles. The Morgan fingerprint density at radius 1 is 1.36 bits per heavy atom. The molecule has 0 fully saturated rings. The molecule has 136 valence electrons. The number of ether oxygens (including phenoxy) is 2. The third-order valence-corrected chi connectivity index (χ3v) is 4.23. The molecule has 1 amide bonds. The molecule has 1 aromatic carbocycles. The zero-order valence-electron chi connectivity index (χ0n) is 15.0. The lowest BCUT2D eigenvalue weighted by molar-refractivity contribution is -0.148. The number of amides is 1. The SMILES string of the molecule is COCCOC(=O)C(NC(=O)c1ccc2c(c1C)B(O)OC2)C(C)C. The molecule has 0 saturated heterocycles. The zero-order valence-corrected chi connectivity index (χ0v) is 15.0. The predicted octanol–water partition coefficient (Wildman–Crippen LogP) is 0.157. The van der Waals surface area contributed by atoms with Crippen LogP contribution in [0.15, 0.2) is 12.1 Å². The molecule has 0 spiro atoms. The van der Waals surface area contributed by atoms with Crippen LogP contribution in [0.25, 0.3) is 0 Å². The first kappa shape index (κ1) is 19.4. The van der Waals surface area contributed by atoms with Crippen molar-refractivity contribution in [1.29, 1.82) is 0 Å². The van der Waals surface area contributed by atoms with Gasteiger partial charge in [0.1, 0.15) is 12.6 Å². The number of hydrogen-bond donors (Lipinski definition) is 2. The number of nitrogens with one attached hydrogen (secondary N) is 1. The monoisotopic (exact) mass is 349 g/mol. The predicted molar refractivity (Wildman–Crippen MR) is 92.5 cm³/mol. The van der Waals surface area contributed by atoms with Gasteiger partial charge in [-0.25, -0.2) is 4.79 Å². The summed E-state index contributed by atoms with van der Waals surface area (Å²) in [5.41, 5.74) is 2.53. The summed E-state index contributed by atoms with van der Waals surface area (Å²) in [6.45, 7) is 6.17. The van der Waals surface area contributed by atoms with E-state index >= 15 is 0 Å². The average molecular weight is 349 g/mol. The van der Waals surface area contributed by atoms with E-state index in [-0.39, 0.29) is 18.4 Å². The van der Waals surface area contributed by atoms with Crippen LogP contribution in [0.5, 0.6) is 0 Å². The van der Waals surface area contributed by atoms with E-state index in [1.807, 2.05) is 13.8 Å². The lowest BCUT2D eigenvalue weighted by Gasteiger charge is -2.21. The number of esters is 1. The van der Waals surface area contributed by atoms with Gasteiger partial charge in [-0.3, -0.25) is 4.79 Å². The molecule has 1 unspecified atom stereocenters. The molecule has 0 aromatic heterocycles. The van der Waals surface area contributed by atoms with Crippen molar-refractivity contribution in [3.8, 4) is 0 Å². The van der Waals surface area contributed by atoms with Gasteiger partial charge in [0.2, 0.25) is 0 Å². The molecule has 7 nitrogen and oxygen atoms in total. The molecular formula is C17H24BNO6.